The highest BCUT2D eigenvalue weighted by Gasteiger charge is 2.25. The second-order valence-electron chi connectivity index (χ2n) is 13.0. The van der Waals surface area contributed by atoms with Crippen molar-refractivity contribution in [3.63, 3.8) is 0 Å². The number of sulfone groups is 2. The SMILES string of the molecule is COc1cc(S(=O)(=O)CCOS(=O)(=O)O)c(C)cc1N=Nc1ccc(N=Nc2c(O)cc(C(=O)O)c(N=Nc3cc(C)c(S(=O)(=O)CCOS(=O)(=O)O)cc3OC)c2O)cc1NC(C)=O. The van der Waals surface area contributed by atoms with E-state index in [4.69, 9.17) is 18.6 Å². The van der Waals surface area contributed by atoms with Gasteiger partial charge in [0.2, 0.25) is 5.91 Å². The van der Waals surface area contributed by atoms with Crippen LogP contribution in [0.2, 0.25) is 0 Å². The average Bonchev–Trinajstić information content (AvgIpc) is 3.18. The Morgan fingerprint density at radius 1 is 0.631 bits per heavy atom. The topological polar surface area (TPSA) is 395 Å². The van der Waals surface area contributed by atoms with Gasteiger partial charge >= 0.3 is 26.8 Å². The van der Waals surface area contributed by atoms with Gasteiger partial charge in [-0.15, -0.1) is 25.6 Å². The van der Waals surface area contributed by atoms with Crippen molar-refractivity contribution in [3.8, 4) is 23.0 Å². The Hall–Kier alpha value is -6.54. The molecule has 1 amide bonds. The summed E-state index contributed by atoms with van der Waals surface area (Å²) in [6.45, 7) is 2.17. The number of aromatic hydroxyl groups is 2. The van der Waals surface area contributed by atoms with Crippen molar-refractivity contribution in [2.75, 3.05) is 44.3 Å². The number of phenols is 2. The van der Waals surface area contributed by atoms with Crippen LogP contribution in [0.5, 0.6) is 23.0 Å². The van der Waals surface area contributed by atoms with Gasteiger partial charge in [0.1, 0.15) is 40.0 Å². The molecule has 0 fully saturated rings. The van der Waals surface area contributed by atoms with Gasteiger partial charge in [-0.2, -0.15) is 21.9 Å². The summed E-state index contributed by atoms with van der Waals surface area (Å²) >= 11 is 0. The average molecular weight is 988 g/mol. The highest BCUT2D eigenvalue weighted by molar-refractivity contribution is 7.91. The number of carboxylic acid groups (broad SMARTS) is 1. The van der Waals surface area contributed by atoms with E-state index in [1.807, 2.05) is 0 Å². The smallest absolute Gasteiger partial charge is 0.397 e. The van der Waals surface area contributed by atoms with Crippen molar-refractivity contribution in [3.05, 3.63) is 65.2 Å². The van der Waals surface area contributed by atoms with E-state index in [1.54, 1.807) is 0 Å². The number of aryl methyl sites for hydroxylation is 2. The number of rotatable bonds is 20. The Balaban J connectivity index is 1.69. The molecule has 4 rings (SSSR count). The molecule has 0 bridgehead atoms. The molecule has 0 saturated heterocycles. The molecule has 0 aliphatic heterocycles. The van der Waals surface area contributed by atoms with Gasteiger partial charge in [-0.1, -0.05) is 0 Å². The van der Waals surface area contributed by atoms with E-state index in [0.29, 0.717) is 6.07 Å². The fourth-order valence-corrected chi connectivity index (χ4v) is 8.98. The summed E-state index contributed by atoms with van der Waals surface area (Å²) in [5.74, 6) is -6.10. The fraction of sp³-hybridized carbons (Fsp3) is 0.257. The van der Waals surface area contributed by atoms with Gasteiger partial charge in [-0.25, -0.2) is 30.0 Å². The van der Waals surface area contributed by atoms with Crippen LogP contribution in [-0.4, -0.2) is 109 Å². The highest BCUT2D eigenvalue weighted by Crippen LogP contribution is 2.47. The minimum atomic E-state index is -4.92. The zero-order valence-electron chi connectivity index (χ0n) is 34.2. The maximum atomic E-state index is 12.9. The Bertz CT molecular complexity index is 3090. The summed E-state index contributed by atoms with van der Waals surface area (Å²) in [5.41, 5.74) is -2.13. The molecule has 26 nitrogen and oxygen atoms in total. The number of amides is 1. The summed E-state index contributed by atoms with van der Waals surface area (Å²) in [4.78, 5) is 23.7. The van der Waals surface area contributed by atoms with E-state index in [1.165, 1.54) is 58.2 Å². The standard InChI is InChI=1S/C35H37N7O19S4/c1-18-12-25(28(58-4)16-30(18)62(48,49)10-8-60-64(52,53)54)39-38-23-7-6-21(14-24(23)36-20(3)43)37-42-33-27(44)15-22(35(46)47)32(34(33)45)41-40-26-13-19(2)31(17-29(26)59-5)63(50,51)11-9-61-65(55,56)57/h6-7,12-17,44-45H,8-11H2,1-5H3,(H,36,43)(H,46,47)(H,52,53,54)(H,55,56,57). The number of benzene rings is 4. The number of hydrogen-bond acceptors (Lipinski definition) is 22. The summed E-state index contributed by atoms with van der Waals surface area (Å²) in [7, 11) is -15.8. The van der Waals surface area contributed by atoms with E-state index in [-0.39, 0.29) is 60.9 Å². The van der Waals surface area contributed by atoms with Gasteiger partial charge < -0.3 is 30.1 Å². The summed E-state index contributed by atoms with van der Waals surface area (Å²) in [5, 5.41) is 58.0. The molecule has 65 heavy (non-hydrogen) atoms. The lowest BCUT2D eigenvalue weighted by Crippen LogP contribution is -2.16. The number of nitrogens with one attached hydrogen (secondary N) is 1. The minimum Gasteiger partial charge on any atom is -0.505 e. The van der Waals surface area contributed by atoms with E-state index in [0.717, 1.165) is 19.2 Å². The van der Waals surface area contributed by atoms with Gasteiger partial charge in [0, 0.05) is 19.1 Å². The third kappa shape index (κ3) is 13.7. The number of aromatic carboxylic acids is 1. The molecule has 0 aliphatic carbocycles. The molecule has 0 aliphatic rings. The number of carbonyl (C=O) groups is 2. The maximum Gasteiger partial charge on any atom is 0.397 e. The normalized spacial score (nSPS) is 12.6. The Labute approximate surface area is 370 Å². The monoisotopic (exact) mass is 987 g/mol. The molecule has 350 valence electrons. The number of nitrogens with zero attached hydrogens (tertiary/aromatic N) is 6. The zero-order chi connectivity index (χ0) is 48.7. The summed E-state index contributed by atoms with van der Waals surface area (Å²) < 4.78 is 131. The van der Waals surface area contributed by atoms with E-state index >= 15 is 0 Å². The van der Waals surface area contributed by atoms with Gasteiger partial charge in [0.05, 0.1) is 65.7 Å². The number of methoxy groups -OCH3 is 2. The molecule has 6 N–H and O–H groups in total. The molecule has 0 heterocycles. The van der Waals surface area contributed by atoms with Crippen LogP contribution in [0.4, 0.5) is 39.8 Å². The predicted molar refractivity (Wildman–Crippen MR) is 225 cm³/mol. The Morgan fingerprint density at radius 3 is 1.54 bits per heavy atom. The van der Waals surface area contributed by atoms with Crippen LogP contribution in [0, 0.1) is 13.8 Å². The lowest BCUT2D eigenvalue weighted by atomic mass is 10.1. The van der Waals surface area contributed by atoms with E-state index in [9.17, 15) is 58.6 Å². The van der Waals surface area contributed by atoms with Gasteiger partial charge in [-0.3, -0.25) is 13.9 Å². The number of ether oxygens (including phenoxy) is 2. The number of carbonyl (C=O) groups excluding carboxylic acids is 1. The first-order valence-corrected chi connectivity index (χ1v) is 23.7. The quantitative estimate of drug-likeness (QED) is 0.0448. The molecule has 0 spiro atoms. The molecule has 0 unspecified atom stereocenters. The van der Waals surface area contributed by atoms with E-state index in [2.05, 4.69) is 44.4 Å². The first-order chi connectivity index (χ1) is 30.2. The van der Waals surface area contributed by atoms with Gasteiger partial charge in [0.15, 0.2) is 31.1 Å². The molecule has 0 saturated carbocycles. The third-order valence-corrected chi connectivity index (χ3v) is 12.9. The predicted octanol–water partition coefficient (Wildman–Crippen LogP) is 5.82. The van der Waals surface area contributed by atoms with Crippen molar-refractivity contribution in [1.82, 2.24) is 0 Å². The zero-order valence-corrected chi connectivity index (χ0v) is 37.5. The molecular weight excluding hydrogens is 951 g/mol. The summed E-state index contributed by atoms with van der Waals surface area (Å²) in [6, 6.07) is 9.21. The first kappa shape index (κ1) is 51.1. The number of hydrogen-bond donors (Lipinski definition) is 6. The molecule has 4 aromatic rings. The first-order valence-electron chi connectivity index (χ1n) is 17.7. The second kappa shape index (κ2) is 20.5. The number of azo groups is 3. The number of anilines is 1. The number of carboxylic acids is 1. The fourth-order valence-electron chi connectivity index (χ4n) is 5.46. The molecule has 4 aromatic carbocycles. The van der Waals surface area contributed by atoms with Crippen LogP contribution in [0.25, 0.3) is 0 Å². The van der Waals surface area contributed by atoms with Crippen molar-refractivity contribution < 1.29 is 85.5 Å². The summed E-state index contributed by atoms with van der Waals surface area (Å²) in [6.07, 6.45) is 0. The number of phenolic OH excluding ortho intramolecular Hbond substituents is 2. The lowest BCUT2D eigenvalue weighted by molar-refractivity contribution is -0.114. The maximum absolute atomic E-state index is 12.9. The van der Waals surface area contributed by atoms with Crippen molar-refractivity contribution in [1.29, 1.82) is 0 Å². The van der Waals surface area contributed by atoms with Crippen LogP contribution < -0.4 is 14.8 Å². The van der Waals surface area contributed by atoms with Crippen LogP contribution in [0.1, 0.15) is 28.4 Å². The highest BCUT2D eigenvalue weighted by atomic mass is 32.3. The minimum absolute atomic E-state index is 0.00470. The molecule has 0 radical (unpaired) electrons. The Morgan fingerprint density at radius 2 is 1.09 bits per heavy atom. The second-order valence-corrected chi connectivity index (χ2v) is 19.3. The Kier molecular flexibility index (Phi) is 16.1. The molecular formula is C35H37N7O19S4. The molecule has 30 heteroatoms. The van der Waals surface area contributed by atoms with Crippen LogP contribution in [-0.2, 0) is 53.6 Å². The van der Waals surface area contributed by atoms with Crippen LogP contribution in [0.15, 0.2) is 89.0 Å². The van der Waals surface area contributed by atoms with Gasteiger partial charge in [0.25, 0.3) is 0 Å². The largest absolute Gasteiger partial charge is 0.505 e. The van der Waals surface area contributed by atoms with Crippen molar-refractivity contribution in [2.45, 2.75) is 30.6 Å². The van der Waals surface area contributed by atoms with Crippen molar-refractivity contribution >= 4 is 92.2 Å². The third-order valence-electron chi connectivity index (χ3n) is 8.33. The van der Waals surface area contributed by atoms with Gasteiger partial charge in [-0.05, 0) is 61.4 Å². The van der Waals surface area contributed by atoms with E-state index < -0.39 is 106 Å². The van der Waals surface area contributed by atoms with Crippen LogP contribution in [0.3, 0.4) is 0 Å². The lowest BCUT2D eigenvalue weighted by Gasteiger charge is -2.12. The van der Waals surface area contributed by atoms with Crippen LogP contribution >= 0.6 is 0 Å². The molecule has 0 aromatic heterocycles. The molecule has 0 atom stereocenters. The van der Waals surface area contributed by atoms with Crippen molar-refractivity contribution in [2.24, 2.45) is 30.7 Å².